The van der Waals surface area contributed by atoms with E-state index in [0.717, 1.165) is 47.1 Å². The normalized spacial score (nSPS) is 14.8. The number of thiazole rings is 1. The molecular weight excluding hydrogens is 353 g/mol. The van der Waals surface area contributed by atoms with Gasteiger partial charge in [0.25, 0.3) is 5.91 Å². The molecule has 0 atom stereocenters. The van der Waals surface area contributed by atoms with Crippen molar-refractivity contribution in [2.45, 2.75) is 25.8 Å². The van der Waals surface area contributed by atoms with Crippen LogP contribution in [0.25, 0.3) is 10.6 Å². The van der Waals surface area contributed by atoms with Gasteiger partial charge >= 0.3 is 0 Å². The molecule has 0 saturated carbocycles. The lowest BCUT2D eigenvalue weighted by atomic mass is 10.1. The topological polar surface area (TPSA) is 59.2 Å². The summed E-state index contributed by atoms with van der Waals surface area (Å²) >= 11 is 1.48. The van der Waals surface area contributed by atoms with Gasteiger partial charge in [-0.25, -0.2) is 4.98 Å². The molecule has 1 aromatic heterocycles. The van der Waals surface area contributed by atoms with Crippen LogP contribution in [-0.2, 0) is 0 Å². The van der Waals surface area contributed by atoms with Crippen LogP contribution in [0.3, 0.4) is 0 Å². The van der Waals surface area contributed by atoms with Gasteiger partial charge in [-0.1, -0.05) is 30.3 Å². The highest BCUT2D eigenvalue weighted by atomic mass is 35.5. The van der Waals surface area contributed by atoms with Crippen molar-refractivity contribution >= 4 is 42.1 Å². The minimum atomic E-state index is 0. The number of nitrogens with zero attached hydrogens (tertiary/aromatic N) is 2. The van der Waals surface area contributed by atoms with Crippen molar-refractivity contribution in [2.24, 2.45) is 5.73 Å². The summed E-state index contributed by atoms with van der Waals surface area (Å²) in [5, 5.41) is 0.908. The van der Waals surface area contributed by atoms with Gasteiger partial charge in [0.15, 0.2) is 0 Å². The van der Waals surface area contributed by atoms with E-state index >= 15 is 0 Å². The summed E-state index contributed by atoms with van der Waals surface area (Å²) < 4.78 is 0. The molecule has 126 valence electrons. The molecule has 23 heavy (non-hydrogen) atoms. The summed E-state index contributed by atoms with van der Waals surface area (Å²) in [4.78, 5) is 19.8. The molecule has 0 spiro atoms. The molecule has 0 unspecified atom stereocenters. The lowest BCUT2D eigenvalue weighted by Crippen LogP contribution is -2.42. The third kappa shape index (κ3) is 4.44. The Hall–Kier alpha value is -1.14. The van der Waals surface area contributed by atoms with Crippen LogP contribution in [0.5, 0.6) is 0 Å². The Morgan fingerprint density at radius 2 is 1.83 bits per heavy atom. The second-order valence-electron chi connectivity index (χ2n) is 5.43. The molecule has 1 aliphatic heterocycles. The van der Waals surface area contributed by atoms with Crippen molar-refractivity contribution in [1.82, 2.24) is 9.88 Å². The second kappa shape index (κ2) is 8.64. The van der Waals surface area contributed by atoms with E-state index in [1.165, 1.54) is 11.3 Å². The maximum Gasteiger partial charge on any atom is 0.265 e. The van der Waals surface area contributed by atoms with Gasteiger partial charge < -0.3 is 10.6 Å². The van der Waals surface area contributed by atoms with Crippen molar-refractivity contribution in [3.63, 3.8) is 0 Å². The summed E-state index contributed by atoms with van der Waals surface area (Å²) in [6, 6.07) is 10.2. The average molecular weight is 374 g/mol. The molecule has 2 N–H and O–H groups in total. The van der Waals surface area contributed by atoms with Gasteiger partial charge in [0.1, 0.15) is 9.88 Å². The number of halogens is 2. The number of aryl methyl sites for hydroxylation is 1. The number of benzene rings is 1. The van der Waals surface area contributed by atoms with Crippen molar-refractivity contribution in [3.05, 3.63) is 40.9 Å². The molecule has 1 aliphatic rings. The van der Waals surface area contributed by atoms with Crippen LogP contribution >= 0.6 is 36.2 Å². The van der Waals surface area contributed by atoms with Gasteiger partial charge in [0.2, 0.25) is 0 Å². The van der Waals surface area contributed by atoms with Crippen molar-refractivity contribution in [1.29, 1.82) is 0 Å². The molecule has 3 rings (SSSR count). The summed E-state index contributed by atoms with van der Waals surface area (Å²) in [7, 11) is 0. The van der Waals surface area contributed by atoms with E-state index in [9.17, 15) is 4.79 Å². The average Bonchev–Trinajstić information content (AvgIpc) is 2.90. The molecule has 0 aliphatic carbocycles. The Bertz CT molecular complexity index is 640. The van der Waals surface area contributed by atoms with E-state index in [1.54, 1.807) is 0 Å². The molecule has 4 nitrogen and oxygen atoms in total. The van der Waals surface area contributed by atoms with Crippen LogP contribution in [0.2, 0.25) is 0 Å². The predicted octanol–water partition coefficient (Wildman–Crippen LogP) is 3.53. The molecule has 0 bridgehead atoms. The fourth-order valence-corrected chi connectivity index (χ4v) is 3.58. The minimum Gasteiger partial charge on any atom is -0.338 e. The van der Waals surface area contributed by atoms with E-state index in [-0.39, 0.29) is 36.8 Å². The Morgan fingerprint density at radius 3 is 2.43 bits per heavy atom. The number of rotatable bonds is 2. The molecule has 1 aromatic carbocycles. The van der Waals surface area contributed by atoms with Crippen LogP contribution in [0.1, 0.15) is 28.2 Å². The number of hydrogen-bond donors (Lipinski definition) is 1. The third-order valence-electron chi connectivity index (χ3n) is 3.84. The second-order valence-corrected chi connectivity index (χ2v) is 6.43. The molecule has 2 aromatic rings. The summed E-state index contributed by atoms with van der Waals surface area (Å²) in [6.45, 7) is 3.40. The van der Waals surface area contributed by atoms with Crippen LogP contribution in [-0.4, -0.2) is 34.9 Å². The first-order valence-corrected chi connectivity index (χ1v) is 8.04. The molecule has 7 heteroatoms. The number of aromatic nitrogens is 1. The summed E-state index contributed by atoms with van der Waals surface area (Å²) in [5.74, 6) is 0.0964. The first kappa shape index (κ1) is 19.9. The number of amides is 1. The summed E-state index contributed by atoms with van der Waals surface area (Å²) in [5.41, 5.74) is 7.78. The fourth-order valence-electron chi connectivity index (χ4n) is 2.55. The highest BCUT2D eigenvalue weighted by molar-refractivity contribution is 7.17. The maximum atomic E-state index is 12.6. The van der Waals surface area contributed by atoms with Gasteiger partial charge in [-0.15, -0.1) is 36.2 Å². The zero-order chi connectivity index (χ0) is 14.8. The summed E-state index contributed by atoms with van der Waals surface area (Å²) in [6.07, 6.45) is 1.77. The predicted molar refractivity (Wildman–Crippen MR) is 99.9 cm³/mol. The number of nitrogens with two attached hydrogens (primary N) is 1. The molecule has 1 amide bonds. The Labute approximate surface area is 152 Å². The van der Waals surface area contributed by atoms with Crippen LogP contribution in [0.4, 0.5) is 0 Å². The zero-order valence-electron chi connectivity index (χ0n) is 12.9. The SMILES string of the molecule is Cc1nc(-c2ccccc2)sc1C(=O)N1CCC(N)CC1.Cl.Cl. The van der Waals surface area contributed by atoms with Gasteiger partial charge in [0.05, 0.1) is 5.69 Å². The quantitative estimate of drug-likeness (QED) is 0.875. The molecule has 1 fully saturated rings. The van der Waals surface area contributed by atoms with Gasteiger partial charge in [-0.3, -0.25) is 4.79 Å². The van der Waals surface area contributed by atoms with E-state index in [1.807, 2.05) is 42.2 Å². The lowest BCUT2D eigenvalue weighted by Gasteiger charge is -2.29. The Kier molecular flexibility index (Phi) is 7.48. The minimum absolute atomic E-state index is 0. The molecule has 2 heterocycles. The van der Waals surface area contributed by atoms with Gasteiger partial charge in [-0.05, 0) is 19.8 Å². The van der Waals surface area contributed by atoms with Crippen LogP contribution < -0.4 is 5.73 Å². The monoisotopic (exact) mass is 373 g/mol. The Balaban J connectivity index is 0.00000132. The first-order valence-electron chi connectivity index (χ1n) is 7.23. The van der Waals surface area contributed by atoms with Crippen molar-refractivity contribution < 1.29 is 4.79 Å². The van der Waals surface area contributed by atoms with Crippen molar-refractivity contribution in [3.8, 4) is 10.6 Å². The standard InChI is InChI=1S/C16H19N3OS.2ClH/c1-11-14(16(20)19-9-7-13(17)8-10-19)21-15(18-11)12-5-3-2-4-6-12;;/h2-6,13H,7-10,17H2,1H3;2*1H. The maximum absolute atomic E-state index is 12.6. The van der Waals surface area contributed by atoms with Gasteiger partial charge in [-0.2, -0.15) is 0 Å². The number of carbonyl (C=O) groups excluding carboxylic acids is 1. The highest BCUT2D eigenvalue weighted by Crippen LogP contribution is 2.29. The molecule has 0 radical (unpaired) electrons. The number of piperidine rings is 1. The van der Waals surface area contributed by atoms with Crippen LogP contribution in [0.15, 0.2) is 30.3 Å². The number of carbonyl (C=O) groups is 1. The van der Waals surface area contributed by atoms with E-state index < -0.39 is 0 Å². The first-order chi connectivity index (χ1) is 10.1. The van der Waals surface area contributed by atoms with E-state index in [0.29, 0.717) is 0 Å². The zero-order valence-corrected chi connectivity index (χ0v) is 15.3. The van der Waals surface area contributed by atoms with Crippen molar-refractivity contribution in [2.75, 3.05) is 13.1 Å². The molecule has 1 saturated heterocycles. The van der Waals surface area contributed by atoms with Crippen LogP contribution in [0, 0.1) is 6.92 Å². The Morgan fingerprint density at radius 1 is 1.22 bits per heavy atom. The number of likely N-dealkylation sites (tertiary alicyclic amines) is 1. The fraction of sp³-hybridized carbons (Fsp3) is 0.375. The molecular formula is C16H21Cl2N3OS. The van der Waals surface area contributed by atoms with Gasteiger partial charge in [0, 0.05) is 24.7 Å². The third-order valence-corrected chi connectivity index (χ3v) is 5.03. The lowest BCUT2D eigenvalue weighted by molar-refractivity contribution is 0.0718. The number of hydrogen-bond acceptors (Lipinski definition) is 4. The smallest absolute Gasteiger partial charge is 0.265 e. The highest BCUT2D eigenvalue weighted by Gasteiger charge is 2.25. The largest absolute Gasteiger partial charge is 0.338 e. The van der Waals surface area contributed by atoms with E-state index in [4.69, 9.17) is 5.73 Å². The van der Waals surface area contributed by atoms with E-state index in [2.05, 4.69) is 4.98 Å².